The Kier molecular flexibility index (Phi) is 39.6. The van der Waals surface area contributed by atoms with Crippen LogP contribution in [0.5, 0.6) is 0 Å². The van der Waals surface area contributed by atoms with Gasteiger partial charge >= 0.3 is 11.9 Å². The van der Waals surface area contributed by atoms with Crippen molar-refractivity contribution in [3.63, 3.8) is 0 Å². The van der Waals surface area contributed by atoms with Crippen LogP contribution >= 0.6 is 0 Å². The van der Waals surface area contributed by atoms with Crippen LogP contribution < -0.4 is 5.11 Å². The number of rotatable bonds is 42. The quantitative estimate of drug-likeness (QED) is 0.0198. The fourth-order valence-corrected chi connectivity index (χ4v) is 6.69. The van der Waals surface area contributed by atoms with Gasteiger partial charge in [0.1, 0.15) is 12.6 Å². The smallest absolute Gasteiger partial charge is 0.306 e. The summed E-state index contributed by atoms with van der Waals surface area (Å²) in [5, 5.41) is 11.6. The van der Waals surface area contributed by atoms with Crippen molar-refractivity contribution in [2.24, 2.45) is 0 Å². The van der Waals surface area contributed by atoms with E-state index in [1.165, 1.54) is 83.5 Å². The van der Waals surface area contributed by atoms with E-state index < -0.39 is 18.1 Å². The lowest BCUT2D eigenvalue weighted by atomic mass is 10.1. The highest BCUT2D eigenvalue weighted by molar-refractivity contribution is 5.70. The van der Waals surface area contributed by atoms with E-state index in [1.54, 1.807) is 21.1 Å². The predicted octanol–water partition coefficient (Wildman–Crippen LogP) is 12.0. The molecule has 2 unspecified atom stereocenters. The summed E-state index contributed by atoms with van der Waals surface area (Å²) >= 11 is 0. The number of carboxylic acids is 1. The number of unbranched alkanes of at least 4 members (excludes halogenated alkanes) is 20. The number of hydrogen-bond acceptors (Lipinski definition) is 7. The van der Waals surface area contributed by atoms with Crippen molar-refractivity contribution < 1.29 is 38.2 Å². The molecule has 0 saturated carbocycles. The Labute approximate surface area is 362 Å². The molecule has 0 N–H and O–H groups in total. The summed E-state index contributed by atoms with van der Waals surface area (Å²) in [5.41, 5.74) is 0. The summed E-state index contributed by atoms with van der Waals surface area (Å²) in [4.78, 5) is 36.9. The van der Waals surface area contributed by atoms with Gasteiger partial charge in [-0.3, -0.25) is 9.59 Å². The fraction of sp³-hybridized carbons (Fsp3) is 0.745. The first-order valence-electron chi connectivity index (χ1n) is 23.8. The van der Waals surface area contributed by atoms with E-state index in [9.17, 15) is 19.5 Å². The number of aliphatic carboxylic acids is 1. The minimum atomic E-state index is -1.13. The van der Waals surface area contributed by atoms with E-state index in [0.29, 0.717) is 12.8 Å². The molecule has 340 valence electrons. The largest absolute Gasteiger partial charge is 0.544 e. The topological polar surface area (TPSA) is 102 Å². The van der Waals surface area contributed by atoms with Gasteiger partial charge in [-0.25, -0.2) is 0 Å². The first-order chi connectivity index (χ1) is 28.6. The number of carboxylic acid groups (broad SMARTS) is 1. The normalized spacial score (nSPS) is 13.4. The number of ether oxygens (including phenoxy) is 3. The third-order valence-corrected chi connectivity index (χ3v) is 10.4. The van der Waals surface area contributed by atoms with E-state index in [2.05, 4.69) is 74.6 Å². The Morgan fingerprint density at radius 2 is 0.966 bits per heavy atom. The van der Waals surface area contributed by atoms with Gasteiger partial charge < -0.3 is 28.6 Å². The second-order valence-electron chi connectivity index (χ2n) is 17.0. The Balaban J connectivity index is 4.37. The van der Waals surface area contributed by atoms with Crippen molar-refractivity contribution in [2.45, 2.75) is 206 Å². The molecule has 0 aliphatic rings. The zero-order chi connectivity index (χ0) is 43.5. The number of hydrogen-bond donors (Lipinski definition) is 0. The van der Waals surface area contributed by atoms with Gasteiger partial charge in [0.2, 0.25) is 0 Å². The predicted molar refractivity (Wildman–Crippen MR) is 245 cm³/mol. The maximum absolute atomic E-state index is 12.7. The van der Waals surface area contributed by atoms with Gasteiger partial charge in [0.05, 0.1) is 40.3 Å². The number of carbonyl (C=O) groups excluding carboxylic acids is 3. The number of esters is 2. The summed E-state index contributed by atoms with van der Waals surface area (Å²) in [5.74, 6) is -1.77. The zero-order valence-corrected chi connectivity index (χ0v) is 38.7. The SMILES string of the molecule is CCCCC/C=C/C/C=C/CCCCCCCCCC(=O)OCC(COCCC(C(=O)[O-])[N+](C)(C)C)OC(=O)CCCCCCC/C=C/C=C/C=C/CCCCCCC. The van der Waals surface area contributed by atoms with Gasteiger partial charge in [-0.2, -0.15) is 0 Å². The molecule has 2 atom stereocenters. The molecule has 0 aliphatic carbocycles. The minimum Gasteiger partial charge on any atom is -0.544 e. The van der Waals surface area contributed by atoms with Crippen LogP contribution in [0.15, 0.2) is 60.8 Å². The molecule has 0 aromatic rings. The van der Waals surface area contributed by atoms with Crippen molar-refractivity contribution in [2.75, 3.05) is 41.0 Å². The number of likely N-dealkylation sites (N-methyl/N-ethyl adjacent to an activating group) is 1. The first-order valence-corrected chi connectivity index (χ1v) is 23.8. The van der Waals surface area contributed by atoms with Crippen LogP contribution in [-0.4, -0.2) is 75.5 Å². The molecule has 0 aromatic heterocycles. The Morgan fingerprint density at radius 1 is 0.525 bits per heavy atom. The van der Waals surface area contributed by atoms with Crippen LogP contribution in [0.2, 0.25) is 0 Å². The summed E-state index contributed by atoms with van der Waals surface area (Å²) < 4.78 is 17.2. The molecule has 0 spiro atoms. The molecule has 8 heteroatoms. The minimum absolute atomic E-state index is 0.0278. The molecule has 0 aliphatic heterocycles. The lowest BCUT2D eigenvalue weighted by Gasteiger charge is -2.34. The highest BCUT2D eigenvalue weighted by atomic mass is 16.6. The lowest BCUT2D eigenvalue weighted by molar-refractivity contribution is -0.889. The van der Waals surface area contributed by atoms with Gasteiger partial charge in [0.15, 0.2) is 6.10 Å². The Bertz CT molecular complexity index is 1150. The summed E-state index contributed by atoms with van der Waals surface area (Å²) in [6.45, 7) is 4.59. The van der Waals surface area contributed by atoms with E-state index in [1.807, 2.05) is 0 Å². The highest BCUT2D eigenvalue weighted by Gasteiger charge is 2.25. The summed E-state index contributed by atoms with van der Waals surface area (Å²) in [6.07, 6.45) is 50.9. The third kappa shape index (κ3) is 40.2. The molecule has 59 heavy (non-hydrogen) atoms. The fourth-order valence-electron chi connectivity index (χ4n) is 6.69. The molecule has 0 saturated heterocycles. The van der Waals surface area contributed by atoms with Crippen LogP contribution in [0.4, 0.5) is 0 Å². The second kappa shape index (κ2) is 41.8. The van der Waals surface area contributed by atoms with Crippen LogP contribution in [0, 0.1) is 0 Å². The third-order valence-electron chi connectivity index (χ3n) is 10.4. The van der Waals surface area contributed by atoms with Crippen LogP contribution in [-0.2, 0) is 28.6 Å². The molecule has 0 radical (unpaired) electrons. The van der Waals surface area contributed by atoms with Gasteiger partial charge in [-0.15, -0.1) is 0 Å². The molecule has 0 amide bonds. The van der Waals surface area contributed by atoms with Crippen LogP contribution in [0.1, 0.15) is 194 Å². The molecule has 0 rings (SSSR count). The second-order valence-corrected chi connectivity index (χ2v) is 17.0. The molecular weight excluding hydrogens is 739 g/mol. The average molecular weight is 828 g/mol. The molecular formula is C51H89NO7. The van der Waals surface area contributed by atoms with E-state index >= 15 is 0 Å². The number of allylic oxidation sites excluding steroid dienone is 10. The molecule has 0 heterocycles. The number of carbonyl (C=O) groups is 3. The molecule has 0 bridgehead atoms. The van der Waals surface area contributed by atoms with Crippen molar-refractivity contribution in [1.82, 2.24) is 0 Å². The van der Waals surface area contributed by atoms with Gasteiger partial charge in [-0.05, 0) is 70.6 Å². The van der Waals surface area contributed by atoms with Gasteiger partial charge in [-0.1, -0.05) is 164 Å². The maximum atomic E-state index is 12.7. The van der Waals surface area contributed by atoms with Crippen molar-refractivity contribution in [1.29, 1.82) is 0 Å². The summed E-state index contributed by atoms with van der Waals surface area (Å²) in [7, 11) is 5.40. The number of nitrogens with zero attached hydrogens (tertiary/aromatic N) is 1. The van der Waals surface area contributed by atoms with E-state index in [0.717, 1.165) is 77.0 Å². The molecule has 0 aromatic carbocycles. The Morgan fingerprint density at radius 3 is 1.47 bits per heavy atom. The molecule has 8 nitrogen and oxygen atoms in total. The zero-order valence-electron chi connectivity index (χ0n) is 38.7. The van der Waals surface area contributed by atoms with Crippen molar-refractivity contribution >= 4 is 17.9 Å². The first kappa shape index (κ1) is 56.0. The van der Waals surface area contributed by atoms with Crippen LogP contribution in [0.25, 0.3) is 0 Å². The standard InChI is InChI=1S/C51H89NO7/c1-6-8-10-12-14-16-18-20-22-24-26-28-30-32-34-36-38-40-42-50(54)59-47(45-57-44-43-48(51(55)56)52(3,4)5)46-58-49(53)41-39-37-35-33-31-29-27-25-23-21-19-17-15-13-11-9-7-2/h15,17-18,20-24,26,28,47-48H,6-14,16,19,25,27,29-46H2,1-5H3/b17-15+,20-18+,23-21+,24-22+,28-26+. The average Bonchev–Trinajstić information content (AvgIpc) is 3.19. The maximum Gasteiger partial charge on any atom is 0.306 e. The lowest BCUT2D eigenvalue weighted by Crippen LogP contribution is -2.55. The van der Waals surface area contributed by atoms with Crippen molar-refractivity contribution in [3.05, 3.63) is 60.8 Å². The van der Waals surface area contributed by atoms with Gasteiger partial charge in [0, 0.05) is 19.3 Å². The Hall–Kier alpha value is -2.97. The molecule has 0 fully saturated rings. The summed E-state index contributed by atoms with van der Waals surface area (Å²) in [6, 6.07) is -0.733. The van der Waals surface area contributed by atoms with Gasteiger partial charge in [0.25, 0.3) is 0 Å². The van der Waals surface area contributed by atoms with Crippen molar-refractivity contribution in [3.8, 4) is 0 Å². The highest BCUT2D eigenvalue weighted by Crippen LogP contribution is 2.13. The number of quaternary nitrogens is 1. The van der Waals surface area contributed by atoms with E-state index in [4.69, 9.17) is 14.2 Å². The van der Waals surface area contributed by atoms with E-state index in [-0.39, 0.29) is 42.7 Å². The van der Waals surface area contributed by atoms with Crippen LogP contribution in [0.3, 0.4) is 0 Å². The monoisotopic (exact) mass is 828 g/mol.